The standard InChI is InChI=1S/C20H24N4O4S2/c1-14-7-8-19(29-14)30(27,28)23-11-9-22(10-12-23)15(2)20(26)24-13-18(25)21-16-5-3-4-6-17(16)24/h3-8,15H,9-13H2,1-2H3,(H,21,25)/t15-/m0/s1. The van der Waals surface area contributed by atoms with Crippen LogP contribution in [0.15, 0.2) is 40.6 Å². The van der Waals surface area contributed by atoms with Crippen molar-refractivity contribution in [2.24, 2.45) is 0 Å². The minimum atomic E-state index is -3.50. The number of sulfonamides is 1. The predicted molar refractivity (Wildman–Crippen MR) is 116 cm³/mol. The van der Waals surface area contributed by atoms with Gasteiger partial charge in [0.25, 0.3) is 10.0 Å². The highest BCUT2D eigenvalue weighted by Gasteiger charge is 2.36. The minimum Gasteiger partial charge on any atom is -0.323 e. The zero-order valence-electron chi connectivity index (χ0n) is 16.9. The Kier molecular flexibility index (Phi) is 5.67. The van der Waals surface area contributed by atoms with E-state index in [2.05, 4.69) is 5.32 Å². The second kappa shape index (κ2) is 8.10. The lowest BCUT2D eigenvalue weighted by molar-refractivity contribution is -0.125. The number of fused-ring (bicyclic) bond motifs is 1. The van der Waals surface area contributed by atoms with Crippen LogP contribution in [0, 0.1) is 6.92 Å². The van der Waals surface area contributed by atoms with Crippen LogP contribution in [0.4, 0.5) is 11.4 Å². The average Bonchev–Trinajstić information content (AvgIpc) is 3.19. The molecule has 1 saturated heterocycles. The van der Waals surface area contributed by atoms with E-state index in [1.165, 1.54) is 20.5 Å². The molecule has 8 nitrogen and oxygen atoms in total. The molecule has 0 bridgehead atoms. The number of hydrogen-bond acceptors (Lipinski definition) is 6. The zero-order valence-corrected chi connectivity index (χ0v) is 18.5. The Morgan fingerprint density at radius 2 is 1.80 bits per heavy atom. The summed E-state index contributed by atoms with van der Waals surface area (Å²) >= 11 is 1.27. The Bertz CT molecular complexity index is 1070. The van der Waals surface area contributed by atoms with Crippen LogP contribution < -0.4 is 10.2 Å². The first-order chi connectivity index (χ1) is 14.3. The number of thiophene rings is 1. The third-order valence-corrected chi connectivity index (χ3v) is 8.89. The second-order valence-corrected chi connectivity index (χ2v) is 10.9. The van der Waals surface area contributed by atoms with Gasteiger partial charge < -0.3 is 5.32 Å². The van der Waals surface area contributed by atoms with Crippen molar-refractivity contribution >= 4 is 44.5 Å². The van der Waals surface area contributed by atoms with E-state index in [4.69, 9.17) is 0 Å². The highest BCUT2D eigenvalue weighted by Crippen LogP contribution is 2.30. The number of nitrogens with zero attached hydrogens (tertiary/aromatic N) is 3. The molecule has 1 N–H and O–H groups in total. The Morgan fingerprint density at radius 3 is 2.47 bits per heavy atom. The van der Waals surface area contributed by atoms with Gasteiger partial charge >= 0.3 is 0 Å². The van der Waals surface area contributed by atoms with Crippen LogP contribution in [0.3, 0.4) is 0 Å². The number of benzene rings is 1. The van der Waals surface area contributed by atoms with Crippen LogP contribution in [0.5, 0.6) is 0 Å². The van der Waals surface area contributed by atoms with Gasteiger partial charge in [0, 0.05) is 31.1 Å². The van der Waals surface area contributed by atoms with Crippen molar-refractivity contribution in [3.05, 3.63) is 41.3 Å². The molecule has 2 aliphatic rings. The van der Waals surface area contributed by atoms with Gasteiger partial charge in [-0.25, -0.2) is 8.42 Å². The number of rotatable bonds is 4. The second-order valence-electron chi connectivity index (χ2n) is 7.47. The van der Waals surface area contributed by atoms with Crippen molar-refractivity contribution in [3.63, 3.8) is 0 Å². The average molecular weight is 449 g/mol. The van der Waals surface area contributed by atoms with E-state index in [1.54, 1.807) is 18.2 Å². The molecule has 0 saturated carbocycles. The highest BCUT2D eigenvalue weighted by molar-refractivity contribution is 7.91. The monoisotopic (exact) mass is 448 g/mol. The molecule has 30 heavy (non-hydrogen) atoms. The lowest BCUT2D eigenvalue weighted by Gasteiger charge is -2.39. The van der Waals surface area contributed by atoms with Crippen LogP contribution in [-0.4, -0.2) is 68.2 Å². The molecule has 0 unspecified atom stereocenters. The normalized spacial score (nSPS) is 19.3. The van der Waals surface area contributed by atoms with Gasteiger partial charge in [0.05, 0.1) is 17.4 Å². The summed E-state index contributed by atoms with van der Waals surface area (Å²) in [6.45, 7) is 5.24. The van der Waals surface area contributed by atoms with E-state index in [0.717, 1.165) is 4.88 Å². The molecular weight excluding hydrogens is 424 g/mol. The fourth-order valence-corrected chi connectivity index (χ4v) is 6.68. The maximum atomic E-state index is 13.2. The molecule has 1 atom stereocenters. The maximum Gasteiger partial charge on any atom is 0.252 e. The molecule has 1 aromatic carbocycles. The summed E-state index contributed by atoms with van der Waals surface area (Å²) in [4.78, 5) is 29.7. The topological polar surface area (TPSA) is 90.0 Å². The molecule has 0 spiro atoms. The first-order valence-corrected chi connectivity index (χ1v) is 12.0. The number of carbonyl (C=O) groups is 2. The number of nitrogens with one attached hydrogen (secondary N) is 1. The SMILES string of the molecule is Cc1ccc(S(=O)(=O)N2CCN([C@@H](C)C(=O)N3CC(=O)Nc4ccccc43)CC2)s1. The summed E-state index contributed by atoms with van der Waals surface area (Å²) in [5.41, 5.74) is 1.31. The van der Waals surface area contributed by atoms with Gasteiger partial charge in [-0.15, -0.1) is 11.3 Å². The van der Waals surface area contributed by atoms with E-state index < -0.39 is 16.1 Å². The molecule has 1 aromatic heterocycles. The maximum absolute atomic E-state index is 13.2. The molecule has 0 radical (unpaired) electrons. The van der Waals surface area contributed by atoms with Crippen molar-refractivity contribution in [2.75, 3.05) is 42.9 Å². The molecule has 3 heterocycles. The third kappa shape index (κ3) is 3.87. The number of amides is 2. The van der Waals surface area contributed by atoms with Crippen molar-refractivity contribution < 1.29 is 18.0 Å². The molecule has 2 aliphatic heterocycles. The van der Waals surface area contributed by atoms with Gasteiger partial charge in [0.2, 0.25) is 11.8 Å². The molecule has 1 fully saturated rings. The summed E-state index contributed by atoms with van der Waals surface area (Å²) in [5, 5.41) is 2.78. The zero-order chi connectivity index (χ0) is 21.5. The molecular formula is C20H24N4O4S2. The lowest BCUT2D eigenvalue weighted by Crippen LogP contribution is -2.56. The number of carbonyl (C=O) groups excluding carboxylic acids is 2. The van der Waals surface area contributed by atoms with Gasteiger partial charge in [-0.1, -0.05) is 12.1 Å². The number of para-hydroxylation sites is 2. The number of anilines is 2. The molecule has 4 rings (SSSR count). The summed E-state index contributed by atoms with van der Waals surface area (Å²) in [6.07, 6.45) is 0. The van der Waals surface area contributed by atoms with Gasteiger partial charge in [-0.05, 0) is 38.1 Å². The van der Waals surface area contributed by atoms with E-state index >= 15 is 0 Å². The van der Waals surface area contributed by atoms with Crippen molar-refractivity contribution in [2.45, 2.75) is 24.1 Å². The van der Waals surface area contributed by atoms with E-state index in [0.29, 0.717) is 41.8 Å². The number of piperazine rings is 1. The van der Waals surface area contributed by atoms with Crippen LogP contribution in [0.25, 0.3) is 0 Å². The molecule has 2 amide bonds. The fourth-order valence-electron chi connectivity index (χ4n) is 3.82. The summed E-state index contributed by atoms with van der Waals surface area (Å²) in [7, 11) is -3.50. The predicted octanol–water partition coefficient (Wildman–Crippen LogP) is 1.74. The Hall–Kier alpha value is -2.27. The summed E-state index contributed by atoms with van der Waals surface area (Å²) < 4.78 is 27.5. The quantitative estimate of drug-likeness (QED) is 0.770. The number of aryl methyl sites for hydroxylation is 1. The molecule has 160 valence electrons. The Balaban J connectivity index is 1.44. The summed E-state index contributed by atoms with van der Waals surface area (Å²) in [6, 6.07) is 10.2. The Labute approximate surface area is 180 Å². The van der Waals surface area contributed by atoms with Gasteiger partial charge in [0.15, 0.2) is 0 Å². The van der Waals surface area contributed by atoms with E-state index in [1.807, 2.05) is 36.9 Å². The smallest absolute Gasteiger partial charge is 0.252 e. The van der Waals surface area contributed by atoms with Gasteiger partial charge in [0.1, 0.15) is 10.8 Å². The van der Waals surface area contributed by atoms with Crippen molar-refractivity contribution in [3.8, 4) is 0 Å². The minimum absolute atomic E-state index is 0.0216. The first-order valence-electron chi connectivity index (χ1n) is 9.78. The van der Waals surface area contributed by atoms with E-state index in [-0.39, 0.29) is 18.4 Å². The van der Waals surface area contributed by atoms with Crippen molar-refractivity contribution in [1.82, 2.24) is 9.21 Å². The van der Waals surface area contributed by atoms with Crippen LogP contribution in [0.2, 0.25) is 0 Å². The van der Waals surface area contributed by atoms with Crippen LogP contribution in [0.1, 0.15) is 11.8 Å². The fraction of sp³-hybridized carbons (Fsp3) is 0.400. The van der Waals surface area contributed by atoms with Crippen LogP contribution in [-0.2, 0) is 19.6 Å². The molecule has 0 aliphatic carbocycles. The van der Waals surface area contributed by atoms with Gasteiger partial charge in [-0.3, -0.25) is 19.4 Å². The van der Waals surface area contributed by atoms with Crippen LogP contribution >= 0.6 is 11.3 Å². The largest absolute Gasteiger partial charge is 0.323 e. The Morgan fingerprint density at radius 1 is 1.10 bits per heavy atom. The summed E-state index contributed by atoms with van der Waals surface area (Å²) in [5.74, 6) is -0.390. The molecule has 10 heteroatoms. The molecule has 2 aromatic rings. The van der Waals surface area contributed by atoms with E-state index in [9.17, 15) is 18.0 Å². The first kappa shape index (κ1) is 21.0. The number of hydrogen-bond donors (Lipinski definition) is 1. The third-order valence-electron chi connectivity index (χ3n) is 5.52. The van der Waals surface area contributed by atoms with Gasteiger partial charge in [-0.2, -0.15) is 4.31 Å². The van der Waals surface area contributed by atoms with Crippen molar-refractivity contribution in [1.29, 1.82) is 0 Å². The highest BCUT2D eigenvalue weighted by atomic mass is 32.2. The lowest BCUT2D eigenvalue weighted by atomic mass is 10.1.